The van der Waals surface area contributed by atoms with Crippen molar-refractivity contribution in [3.63, 3.8) is 0 Å². The van der Waals surface area contributed by atoms with Crippen LogP contribution in [-0.4, -0.2) is 12.5 Å². The molecule has 0 fully saturated rings. The number of aryl methyl sites for hydroxylation is 2. The van der Waals surface area contributed by atoms with Crippen LogP contribution in [0.15, 0.2) is 54.6 Å². The summed E-state index contributed by atoms with van der Waals surface area (Å²) in [5, 5.41) is 2.99. The number of nitrogens with one attached hydrogen (secondary N) is 1. The highest BCUT2D eigenvalue weighted by atomic mass is 32.1. The van der Waals surface area contributed by atoms with Crippen LogP contribution in [0.25, 0.3) is 10.4 Å². The van der Waals surface area contributed by atoms with E-state index in [-0.39, 0.29) is 5.91 Å². The molecule has 0 saturated carbocycles. The van der Waals surface area contributed by atoms with E-state index in [9.17, 15) is 4.79 Å². The molecule has 126 valence electrons. The maximum Gasteiger partial charge on any atom is 0.265 e. The Bertz CT molecular complexity index is 929. The summed E-state index contributed by atoms with van der Waals surface area (Å²) < 4.78 is 5.59. The molecule has 0 spiro atoms. The van der Waals surface area contributed by atoms with E-state index < -0.39 is 0 Å². The molecular weight excluding hydrogens is 330 g/mol. The third-order valence-corrected chi connectivity index (χ3v) is 5.60. The first-order chi connectivity index (χ1) is 12.3. The van der Waals surface area contributed by atoms with Crippen molar-refractivity contribution in [3.05, 3.63) is 70.6 Å². The van der Waals surface area contributed by atoms with Crippen molar-refractivity contribution in [1.29, 1.82) is 0 Å². The molecule has 3 nitrogen and oxygen atoms in total. The molecule has 0 bridgehead atoms. The maximum atomic E-state index is 12.7. The second-order valence-corrected chi connectivity index (χ2v) is 7.06. The fraction of sp³-hybridized carbons (Fsp3) is 0.190. The van der Waals surface area contributed by atoms with Crippen LogP contribution in [0.1, 0.15) is 27.7 Å². The Hall–Kier alpha value is -2.59. The van der Waals surface area contributed by atoms with Crippen LogP contribution in [0.5, 0.6) is 5.75 Å². The first-order valence-electron chi connectivity index (χ1n) is 8.50. The molecular formula is C21H19NO2S. The van der Waals surface area contributed by atoms with Gasteiger partial charge in [-0.2, -0.15) is 0 Å². The summed E-state index contributed by atoms with van der Waals surface area (Å²) in [6, 6.07) is 18.0. The van der Waals surface area contributed by atoms with Crippen molar-refractivity contribution in [1.82, 2.24) is 0 Å². The summed E-state index contributed by atoms with van der Waals surface area (Å²) in [6.07, 6.45) is 2.03. The predicted octanol–water partition coefficient (Wildman–Crippen LogP) is 5.16. The van der Waals surface area contributed by atoms with Gasteiger partial charge in [-0.05, 0) is 54.7 Å². The van der Waals surface area contributed by atoms with Crippen LogP contribution in [0.3, 0.4) is 0 Å². The van der Waals surface area contributed by atoms with Gasteiger partial charge in [0.05, 0.1) is 17.2 Å². The summed E-state index contributed by atoms with van der Waals surface area (Å²) in [4.78, 5) is 14.7. The Morgan fingerprint density at radius 3 is 2.72 bits per heavy atom. The van der Waals surface area contributed by atoms with Crippen LogP contribution < -0.4 is 10.1 Å². The zero-order valence-corrected chi connectivity index (χ0v) is 14.9. The van der Waals surface area contributed by atoms with Gasteiger partial charge in [0.15, 0.2) is 0 Å². The highest BCUT2D eigenvalue weighted by molar-refractivity contribution is 7.17. The van der Waals surface area contributed by atoms with Gasteiger partial charge in [-0.15, -0.1) is 11.3 Å². The molecule has 1 heterocycles. The number of amides is 1. The average molecular weight is 349 g/mol. The SMILES string of the molecule is CCOc1ccccc1NC(=O)c1cc2c(s1)-c1ccccc1CC2. The molecule has 0 aliphatic heterocycles. The van der Waals surface area contributed by atoms with Crippen LogP contribution in [0, 0.1) is 0 Å². The molecule has 2 aromatic carbocycles. The zero-order valence-electron chi connectivity index (χ0n) is 14.0. The average Bonchev–Trinajstić information content (AvgIpc) is 3.08. The van der Waals surface area contributed by atoms with Gasteiger partial charge in [0, 0.05) is 4.88 Å². The number of benzene rings is 2. The molecule has 0 radical (unpaired) electrons. The van der Waals surface area contributed by atoms with E-state index in [1.807, 2.05) is 37.3 Å². The third-order valence-electron chi connectivity index (χ3n) is 4.39. The topological polar surface area (TPSA) is 38.3 Å². The van der Waals surface area contributed by atoms with E-state index in [0.29, 0.717) is 18.0 Å². The lowest BCUT2D eigenvalue weighted by Crippen LogP contribution is -2.11. The summed E-state index contributed by atoms with van der Waals surface area (Å²) in [5.74, 6) is 0.619. The largest absolute Gasteiger partial charge is 0.492 e. The third kappa shape index (κ3) is 3.05. The number of thiophene rings is 1. The Balaban J connectivity index is 1.62. The normalized spacial score (nSPS) is 12.2. The molecule has 0 unspecified atom stereocenters. The zero-order chi connectivity index (χ0) is 17.2. The van der Waals surface area contributed by atoms with Crippen molar-refractivity contribution >= 4 is 22.9 Å². The number of anilines is 1. The Labute approximate surface area is 151 Å². The van der Waals surface area contributed by atoms with E-state index in [1.165, 1.54) is 21.6 Å². The van der Waals surface area contributed by atoms with E-state index in [0.717, 1.165) is 17.7 Å². The fourth-order valence-electron chi connectivity index (χ4n) is 3.22. The quantitative estimate of drug-likeness (QED) is 0.706. The van der Waals surface area contributed by atoms with Crippen molar-refractivity contribution in [2.75, 3.05) is 11.9 Å². The molecule has 1 N–H and O–H groups in total. The van der Waals surface area contributed by atoms with Crippen LogP contribution in [0.4, 0.5) is 5.69 Å². The van der Waals surface area contributed by atoms with Gasteiger partial charge in [0.2, 0.25) is 0 Å². The number of hydrogen-bond donors (Lipinski definition) is 1. The van der Waals surface area contributed by atoms with Crippen molar-refractivity contribution < 1.29 is 9.53 Å². The van der Waals surface area contributed by atoms with Crippen LogP contribution in [-0.2, 0) is 12.8 Å². The second kappa shape index (κ2) is 6.73. The number of hydrogen-bond acceptors (Lipinski definition) is 3. The molecule has 4 rings (SSSR count). The first-order valence-corrected chi connectivity index (χ1v) is 9.32. The highest BCUT2D eigenvalue weighted by Crippen LogP contribution is 2.39. The minimum Gasteiger partial charge on any atom is -0.492 e. The van der Waals surface area contributed by atoms with Gasteiger partial charge in [0.1, 0.15) is 5.75 Å². The molecule has 1 amide bonds. The standard InChI is InChI=1S/C21H19NO2S/c1-2-24-18-10-6-5-9-17(18)22-21(23)19-13-15-12-11-14-7-3-4-8-16(14)20(15)25-19/h3-10,13H,2,11-12H2,1H3,(H,22,23). The molecule has 0 saturated heterocycles. The molecule has 4 heteroatoms. The van der Waals surface area contributed by atoms with Crippen LogP contribution >= 0.6 is 11.3 Å². The summed E-state index contributed by atoms with van der Waals surface area (Å²) in [6.45, 7) is 2.50. The van der Waals surface area contributed by atoms with Crippen molar-refractivity contribution in [3.8, 4) is 16.2 Å². The number of ether oxygens (including phenoxy) is 1. The smallest absolute Gasteiger partial charge is 0.265 e. The van der Waals surface area contributed by atoms with E-state index in [2.05, 4.69) is 29.6 Å². The molecule has 1 aliphatic carbocycles. The lowest BCUT2D eigenvalue weighted by atomic mass is 9.91. The van der Waals surface area contributed by atoms with Gasteiger partial charge in [0.25, 0.3) is 5.91 Å². The van der Waals surface area contributed by atoms with E-state index in [1.54, 1.807) is 11.3 Å². The molecule has 1 aliphatic rings. The molecule has 0 atom stereocenters. The first kappa shape index (κ1) is 15.9. The van der Waals surface area contributed by atoms with Gasteiger partial charge >= 0.3 is 0 Å². The molecule has 25 heavy (non-hydrogen) atoms. The number of fused-ring (bicyclic) bond motifs is 3. The summed E-state index contributed by atoms with van der Waals surface area (Å²) in [5.41, 5.74) is 4.61. The van der Waals surface area contributed by atoms with Gasteiger partial charge < -0.3 is 10.1 Å². The van der Waals surface area contributed by atoms with Gasteiger partial charge in [-0.3, -0.25) is 4.79 Å². The number of carbonyl (C=O) groups excluding carboxylic acids is 1. The summed E-state index contributed by atoms with van der Waals surface area (Å²) in [7, 11) is 0. The second-order valence-electron chi connectivity index (χ2n) is 6.01. The lowest BCUT2D eigenvalue weighted by Gasteiger charge is -2.15. The summed E-state index contributed by atoms with van der Waals surface area (Å²) >= 11 is 1.57. The maximum absolute atomic E-state index is 12.7. The van der Waals surface area contributed by atoms with E-state index >= 15 is 0 Å². The predicted molar refractivity (Wildman–Crippen MR) is 103 cm³/mol. The van der Waals surface area contributed by atoms with Crippen molar-refractivity contribution in [2.45, 2.75) is 19.8 Å². The lowest BCUT2D eigenvalue weighted by molar-refractivity contribution is 0.103. The number of rotatable bonds is 4. The fourth-order valence-corrected chi connectivity index (χ4v) is 4.38. The van der Waals surface area contributed by atoms with Gasteiger partial charge in [-0.25, -0.2) is 0 Å². The highest BCUT2D eigenvalue weighted by Gasteiger charge is 2.21. The Morgan fingerprint density at radius 2 is 1.84 bits per heavy atom. The monoisotopic (exact) mass is 349 g/mol. The molecule has 3 aromatic rings. The Kier molecular flexibility index (Phi) is 4.28. The number of para-hydroxylation sites is 2. The minimum atomic E-state index is -0.0796. The molecule has 1 aromatic heterocycles. The Morgan fingerprint density at radius 1 is 1.08 bits per heavy atom. The number of carbonyl (C=O) groups is 1. The minimum absolute atomic E-state index is 0.0796. The van der Waals surface area contributed by atoms with Crippen LogP contribution in [0.2, 0.25) is 0 Å². The van der Waals surface area contributed by atoms with Gasteiger partial charge in [-0.1, -0.05) is 36.4 Å². The van der Waals surface area contributed by atoms with Crippen molar-refractivity contribution in [2.24, 2.45) is 0 Å². The van der Waals surface area contributed by atoms with E-state index in [4.69, 9.17) is 4.74 Å².